The summed E-state index contributed by atoms with van der Waals surface area (Å²) in [7, 11) is 0. The number of halogens is 1. The predicted octanol–water partition coefficient (Wildman–Crippen LogP) is 2.69. The van der Waals surface area contributed by atoms with Gasteiger partial charge in [0, 0.05) is 16.6 Å². The summed E-state index contributed by atoms with van der Waals surface area (Å²) in [4.78, 5) is 4.09. The maximum absolute atomic E-state index is 10.4. The lowest BCUT2D eigenvalue weighted by molar-refractivity contribution is -0.231. The van der Waals surface area contributed by atoms with E-state index >= 15 is 0 Å². The van der Waals surface area contributed by atoms with Crippen molar-refractivity contribution in [3.63, 3.8) is 0 Å². The third kappa shape index (κ3) is 4.91. The van der Waals surface area contributed by atoms with E-state index < -0.39 is 37.1 Å². The Morgan fingerprint density at radius 3 is 2.48 bits per heavy atom. The van der Waals surface area contributed by atoms with Crippen molar-refractivity contribution in [1.29, 1.82) is 0 Å². The van der Waals surface area contributed by atoms with Crippen LogP contribution in [0.25, 0.3) is 0 Å². The van der Waals surface area contributed by atoms with Gasteiger partial charge in [-0.15, -0.1) is 0 Å². The molecular weight excluding hydrogens is 442 g/mol. The predicted molar refractivity (Wildman–Crippen MR) is 116 cm³/mol. The van der Waals surface area contributed by atoms with Crippen LogP contribution in [0.3, 0.4) is 0 Å². The first-order valence-corrected chi connectivity index (χ1v) is 11.0. The second kappa shape index (κ2) is 9.62. The van der Waals surface area contributed by atoms with Crippen molar-refractivity contribution < 1.29 is 29.9 Å². The molecule has 1 aromatic heterocycles. The molecule has 0 saturated carbocycles. The Kier molecular flexibility index (Phi) is 6.88. The average Bonchev–Trinajstić information content (AvgIpc) is 3.28. The number of aliphatic hydroxyl groups is 4. The third-order valence-corrected chi connectivity index (χ3v) is 6.24. The number of nitrogens with zero attached hydrogens (tertiary/aromatic N) is 1. The molecule has 0 spiro atoms. The molecule has 5 atom stereocenters. The van der Waals surface area contributed by atoms with Crippen LogP contribution in [0.2, 0.25) is 5.02 Å². The number of hydrogen-bond donors (Lipinski definition) is 4. The molecule has 1 saturated heterocycles. The quantitative estimate of drug-likeness (QED) is 0.444. The van der Waals surface area contributed by atoms with Crippen LogP contribution in [-0.4, -0.2) is 56.4 Å². The minimum absolute atomic E-state index is 0.475. The van der Waals surface area contributed by atoms with Crippen molar-refractivity contribution >= 4 is 22.9 Å². The van der Waals surface area contributed by atoms with E-state index in [-0.39, 0.29) is 0 Å². The van der Waals surface area contributed by atoms with Crippen LogP contribution in [-0.2, 0) is 11.2 Å². The van der Waals surface area contributed by atoms with E-state index in [9.17, 15) is 20.4 Å². The highest BCUT2D eigenvalue weighted by Crippen LogP contribution is 2.34. The van der Waals surface area contributed by atoms with Gasteiger partial charge in [0.15, 0.2) is 0 Å². The Balaban J connectivity index is 1.51. The zero-order valence-electron chi connectivity index (χ0n) is 16.3. The van der Waals surface area contributed by atoms with Gasteiger partial charge in [-0.25, -0.2) is 4.98 Å². The lowest BCUT2D eigenvalue weighted by Gasteiger charge is -2.40. The van der Waals surface area contributed by atoms with Crippen molar-refractivity contribution in [3.8, 4) is 10.9 Å². The molecule has 0 unspecified atom stereocenters. The molecule has 2 heterocycles. The summed E-state index contributed by atoms with van der Waals surface area (Å²) < 4.78 is 11.3. The van der Waals surface area contributed by atoms with Crippen LogP contribution >= 0.6 is 22.9 Å². The molecule has 7 nitrogen and oxygen atoms in total. The highest BCUT2D eigenvalue weighted by Gasteiger charge is 2.44. The molecule has 31 heavy (non-hydrogen) atoms. The first-order valence-electron chi connectivity index (χ1n) is 9.71. The molecule has 3 aromatic rings. The van der Waals surface area contributed by atoms with E-state index in [0.717, 1.165) is 11.1 Å². The number of thiazole rings is 1. The van der Waals surface area contributed by atoms with Gasteiger partial charge in [0.25, 0.3) is 5.19 Å². The van der Waals surface area contributed by atoms with Gasteiger partial charge in [0.1, 0.15) is 36.3 Å². The van der Waals surface area contributed by atoms with Gasteiger partial charge in [-0.2, -0.15) is 0 Å². The second-order valence-electron chi connectivity index (χ2n) is 7.32. The van der Waals surface area contributed by atoms with Crippen LogP contribution in [0.5, 0.6) is 10.9 Å². The molecular formula is C22H22ClNO6S. The van der Waals surface area contributed by atoms with E-state index in [1.165, 1.54) is 11.3 Å². The zero-order valence-corrected chi connectivity index (χ0v) is 17.9. The molecule has 0 aliphatic carbocycles. The SMILES string of the molecule is OC[C@H]1O[C@@H](c2ccc(Cl)c(Cc3ccc(Oc4nccs4)cc3)c2)[C@H](O)[C@@H](O)[C@@H]1O. The maximum atomic E-state index is 10.4. The molecule has 164 valence electrons. The smallest absolute Gasteiger partial charge is 0.278 e. The normalized spacial score (nSPS) is 26.0. The second-order valence-corrected chi connectivity index (χ2v) is 8.59. The van der Waals surface area contributed by atoms with E-state index in [4.69, 9.17) is 21.1 Å². The number of rotatable bonds is 6. The lowest BCUT2D eigenvalue weighted by Crippen LogP contribution is -2.55. The molecule has 9 heteroatoms. The average molecular weight is 464 g/mol. The van der Waals surface area contributed by atoms with Gasteiger partial charge in [-0.3, -0.25) is 0 Å². The Bertz CT molecular complexity index is 998. The van der Waals surface area contributed by atoms with Crippen molar-refractivity contribution in [3.05, 3.63) is 75.8 Å². The first kappa shape index (κ1) is 22.2. The standard InChI is InChI=1S/C22H22ClNO6S/c23-16-6-3-13(21-20(28)19(27)18(26)17(11-25)30-21)10-14(16)9-12-1-4-15(5-2-12)29-22-24-7-8-31-22/h1-8,10,17-21,25-28H,9,11H2/t17-,18-,19+,20-,21+/m1/s1. The highest BCUT2D eigenvalue weighted by molar-refractivity contribution is 7.11. The Morgan fingerprint density at radius 1 is 1.03 bits per heavy atom. The molecule has 0 bridgehead atoms. The number of aliphatic hydroxyl groups excluding tert-OH is 4. The fourth-order valence-corrected chi connectivity index (χ4v) is 4.23. The third-order valence-electron chi connectivity index (χ3n) is 5.22. The molecule has 4 rings (SSSR count). The summed E-state index contributed by atoms with van der Waals surface area (Å²) in [5.74, 6) is 0.680. The Morgan fingerprint density at radius 2 is 1.81 bits per heavy atom. The van der Waals surface area contributed by atoms with Crippen LogP contribution < -0.4 is 4.74 Å². The molecule has 4 N–H and O–H groups in total. The van der Waals surface area contributed by atoms with Crippen molar-refractivity contribution in [2.45, 2.75) is 36.9 Å². The van der Waals surface area contributed by atoms with Gasteiger partial charge >= 0.3 is 0 Å². The van der Waals surface area contributed by atoms with E-state index in [0.29, 0.717) is 28.0 Å². The van der Waals surface area contributed by atoms with Crippen molar-refractivity contribution in [2.24, 2.45) is 0 Å². The number of aromatic nitrogens is 1. The topological polar surface area (TPSA) is 112 Å². The minimum Gasteiger partial charge on any atom is -0.431 e. The maximum Gasteiger partial charge on any atom is 0.278 e. The van der Waals surface area contributed by atoms with Crippen molar-refractivity contribution in [1.82, 2.24) is 4.98 Å². The lowest BCUT2D eigenvalue weighted by atomic mass is 9.90. The molecule has 1 aliphatic rings. The Hall–Kier alpha value is -2.04. The fourth-order valence-electron chi connectivity index (χ4n) is 3.54. The minimum atomic E-state index is -1.43. The number of hydrogen-bond acceptors (Lipinski definition) is 8. The summed E-state index contributed by atoms with van der Waals surface area (Å²) >= 11 is 7.80. The molecule has 1 fully saturated rings. The van der Waals surface area contributed by atoms with Crippen molar-refractivity contribution in [2.75, 3.05) is 6.61 Å². The zero-order chi connectivity index (χ0) is 22.0. The fraction of sp³-hybridized carbons (Fsp3) is 0.318. The van der Waals surface area contributed by atoms with Crippen LogP contribution in [0.1, 0.15) is 22.8 Å². The summed E-state index contributed by atoms with van der Waals surface area (Å²) in [6.45, 7) is -0.475. The summed E-state index contributed by atoms with van der Waals surface area (Å²) in [5, 5.41) is 42.8. The van der Waals surface area contributed by atoms with Gasteiger partial charge < -0.3 is 29.9 Å². The van der Waals surface area contributed by atoms with Gasteiger partial charge in [0.2, 0.25) is 0 Å². The molecule has 0 amide bonds. The Labute approximate surface area is 188 Å². The summed E-state index contributed by atoms with van der Waals surface area (Å²) in [5.41, 5.74) is 2.41. The number of benzene rings is 2. The van der Waals surface area contributed by atoms with E-state index in [2.05, 4.69) is 4.98 Å². The van der Waals surface area contributed by atoms with Gasteiger partial charge in [0.05, 0.1) is 6.61 Å². The van der Waals surface area contributed by atoms with Crippen LogP contribution in [0.15, 0.2) is 54.0 Å². The van der Waals surface area contributed by atoms with Crippen LogP contribution in [0, 0.1) is 0 Å². The number of ether oxygens (including phenoxy) is 2. The molecule has 1 aliphatic heterocycles. The summed E-state index contributed by atoms with van der Waals surface area (Å²) in [6.07, 6.45) is -3.82. The highest BCUT2D eigenvalue weighted by atomic mass is 35.5. The van der Waals surface area contributed by atoms with E-state index in [1.54, 1.807) is 24.4 Å². The monoisotopic (exact) mass is 463 g/mol. The first-order chi connectivity index (χ1) is 15.0. The molecule has 2 aromatic carbocycles. The summed E-state index contributed by atoms with van der Waals surface area (Å²) in [6, 6.07) is 12.8. The largest absolute Gasteiger partial charge is 0.431 e. The molecule has 0 radical (unpaired) electrons. The van der Waals surface area contributed by atoms with E-state index in [1.807, 2.05) is 29.6 Å². The van der Waals surface area contributed by atoms with Crippen LogP contribution in [0.4, 0.5) is 0 Å². The van der Waals surface area contributed by atoms with Gasteiger partial charge in [-0.1, -0.05) is 47.2 Å². The van der Waals surface area contributed by atoms with Gasteiger partial charge in [-0.05, 0) is 41.3 Å².